The number of H-pyrrole nitrogens is 1. The molecule has 2 aliphatic carbocycles. The third kappa shape index (κ3) is 4.58. The fourth-order valence-electron chi connectivity index (χ4n) is 5.36. The number of ether oxygens (including phenoxy) is 2. The van der Waals surface area contributed by atoms with Gasteiger partial charge in [0.25, 0.3) is 11.5 Å². The predicted molar refractivity (Wildman–Crippen MR) is 142 cm³/mol. The third-order valence-electron chi connectivity index (χ3n) is 7.72. The molecule has 0 spiro atoms. The van der Waals surface area contributed by atoms with Crippen molar-refractivity contribution >= 4 is 11.7 Å². The van der Waals surface area contributed by atoms with Crippen molar-refractivity contribution in [2.24, 2.45) is 0 Å². The van der Waals surface area contributed by atoms with Crippen LogP contribution in [0.5, 0.6) is 5.75 Å². The Morgan fingerprint density at radius 2 is 1.82 bits per heavy atom. The predicted octanol–water partition coefficient (Wildman–Crippen LogP) is 4.12. The maximum absolute atomic E-state index is 13.8. The lowest BCUT2D eigenvalue weighted by Crippen LogP contribution is -2.53. The molecule has 0 unspecified atom stereocenters. The average molecular weight is 514 g/mol. The summed E-state index contributed by atoms with van der Waals surface area (Å²) in [5, 5.41) is 7.68. The number of carbonyl (C=O) groups excluding carboxylic acids is 1. The van der Waals surface area contributed by atoms with Crippen LogP contribution in [0.25, 0.3) is 17.2 Å². The van der Waals surface area contributed by atoms with Gasteiger partial charge in [-0.3, -0.25) is 9.59 Å². The van der Waals surface area contributed by atoms with E-state index in [0.29, 0.717) is 30.1 Å². The van der Waals surface area contributed by atoms with Crippen LogP contribution in [0.2, 0.25) is 0 Å². The number of carbonyl (C=O) groups is 1. The summed E-state index contributed by atoms with van der Waals surface area (Å²) in [5.74, 6) is 1.49. The van der Waals surface area contributed by atoms with Gasteiger partial charge < -0.3 is 19.8 Å². The van der Waals surface area contributed by atoms with E-state index >= 15 is 0 Å². The van der Waals surface area contributed by atoms with Crippen LogP contribution in [-0.4, -0.2) is 38.2 Å². The van der Waals surface area contributed by atoms with Crippen LogP contribution in [0.15, 0.2) is 65.5 Å². The second kappa shape index (κ2) is 9.72. The van der Waals surface area contributed by atoms with Gasteiger partial charge in [-0.1, -0.05) is 61.7 Å². The molecule has 9 nitrogen and oxygen atoms in total. The van der Waals surface area contributed by atoms with Gasteiger partial charge in [0.1, 0.15) is 11.4 Å². The SMILES string of the molecule is COc1cccc(C2(NC(=O)C3(OCc4cc(=O)n5nc(-c6ccccc6)nc5[nH]4)CCCCC3)CC2)c1. The average Bonchev–Trinajstić information content (AvgIpc) is 3.61. The quantitative estimate of drug-likeness (QED) is 0.367. The van der Waals surface area contributed by atoms with Gasteiger partial charge in [-0.05, 0) is 43.4 Å². The monoisotopic (exact) mass is 513 g/mol. The minimum atomic E-state index is -0.946. The van der Waals surface area contributed by atoms with Crippen molar-refractivity contribution in [1.82, 2.24) is 24.9 Å². The van der Waals surface area contributed by atoms with E-state index in [2.05, 4.69) is 20.4 Å². The van der Waals surface area contributed by atoms with Crippen LogP contribution in [0.4, 0.5) is 0 Å². The number of amides is 1. The second-order valence-corrected chi connectivity index (χ2v) is 10.3. The van der Waals surface area contributed by atoms with Gasteiger partial charge in [-0.25, -0.2) is 0 Å². The summed E-state index contributed by atoms with van der Waals surface area (Å²) < 4.78 is 13.0. The number of rotatable bonds is 8. The fourth-order valence-corrected chi connectivity index (χ4v) is 5.36. The molecule has 2 heterocycles. The molecule has 0 bridgehead atoms. The number of benzene rings is 2. The topological polar surface area (TPSA) is 111 Å². The van der Waals surface area contributed by atoms with Gasteiger partial charge in [0.05, 0.1) is 19.3 Å². The smallest absolute Gasteiger partial charge is 0.275 e. The van der Waals surface area contributed by atoms with E-state index in [-0.39, 0.29) is 23.6 Å². The lowest BCUT2D eigenvalue weighted by molar-refractivity contribution is -0.155. The maximum Gasteiger partial charge on any atom is 0.275 e. The number of aromatic nitrogens is 4. The van der Waals surface area contributed by atoms with Crippen molar-refractivity contribution in [3.8, 4) is 17.1 Å². The number of methoxy groups -OCH3 is 1. The molecule has 4 aromatic rings. The number of hydrogen-bond acceptors (Lipinski definition) is 6. The van der Waals surface area contributed by atoms with Crippen LogP contribution in [-0.2, 0) is 21.7 Å². The van der Waals surface area contributed by atoms with Crippen LogP contribution in [0.3, 0.4) is 0 Å². The third-order valence-corrected chi connectivity index (χ3v) is 7.72. The van der Waals surface area contributed by atoms with E-state index in [9.17, 15) is 9.59 Å². The first-order valence-electron chi connectivity index (χ1n) is 13.2. The molecule has 0 saturated heterocycles. The summed E-state index contributed by atoms with van der Waals surface area (Å²) in [6, 6.07) is 18.8. The molecule has 2 N–H and O–H groups in total. The van der Waals surface area contributed by atoms with E-state index in [1.807, 2.05) is 54.6 Å². The zero-order chi connectivity index (χ0) is 26.2. The van der Waals surface area contributed by atoms with E-state index in [4.69, 9.17) is 9.47 Å². The maximum atomic E-state index is 13.8. The second-order valence-electron chi connectivity index (χ2n) is 10.3. The lowest BCUT2D eigenvalue weighted by atomic mass is 9.83. The van der Waals surface area contributed by atoms with Gasteiger partial charge >= 0.3 is 0 Å². The fraction of sp³-hybridized carbons (Fsp3) is 0.379. The van der Waals surface area contributed by atoms with Gasteiger partial charge in [-0.2, -0.15) is 9.50 Å². The molecule has 0 radical (unpaired) electrons. The van der Waals surface area contributed by atoms with E-state index in [1.165, 1.54) is 10.6 Å². The minimum absolute atomic E-state index is 0.0882. The summed E-state index contributed by atoms with van der Waals surface area (Å²) in [6.45, 7) is 0.0961. The summed E-state index contributed by atoms with van der Waals surface area (Å²) in [5.41, 5.74) is 0.794. The standard InChI is InChI=1S/C29H31N5O4/c1-37-23-12-8-11-21(17-23)28(15-16-28)32-26(36)29(13-6-3-7-14-29)38-19-22-18-24(35)34-27(30-22)31-25(33-34)20-9-4-2-5-10-20/h2,4-5,8-12,17-18H,3,6-7,13-16,19H2,1H3,(H,32,36)(H,30,31,33). The molecule has 6 rings (SSSR count). The van der Waals surface area contributed by atoms with Crippen LogP contribution in [0.1, 0.15) is 56.2 Å². The molecule has 38 heavy (non-hydrogen) atoms. The van der Waals surface area contributed by atoms with Crippen LogP contribution >= 0.6 is 0 Å². The highest BCUT2D eigenvalue weighted by Crippen LogP contribution is 2.47. The van der Waals surface area contributed by atoms with Crippen LogP contribution < -0.4 is 15.6 Å². The Morgan fingerprint density at radius 3 is 2.55 bits per heavy atom. The zero-order valence-electron chi connectivity index (χ0n) is 21.4. The highest BCUT2D eigenvalue weighted by Gasteiger charge is 2.50. The Hall–Kier alpha value is -3.98. The van der Waals surface area contributed by atoms with Gasteiger partial charge in [-0.15, -0.1) is 5.10 Å². The van der Waals surface area contributed by atoms with Gasteiger partial charge in [0.15, 0.2) is 5.82 Å². The number of aromatic amines is 1. The van der Waals surface area contributed by atoms with Crippen molar-refractivity contribution in [3.05, 3.63) is 82.3 Å². The molecule has 1 amide bonds. The molecule has 0 atom stereocenters. The van der Waals surface area contributed by atoms with Crippen molar-refractivity contribution in [1.29, 1.82) is 0 Å². The molecule has 196 valence electrons. The van der Waals surface area contributed by atoms with Gasteiger partial charge in [0.2, 0.25) is 5.78 Å². The summed E-state index contributed by atoms with van der Waals surface area (Å²) in [7, 11) is 1.64. The molecule has 0 aliphatic heterocycles. The Kier molecular flexibility index (Phi) is 6.23. The molecule has 2 aliphatic rings. The van der Waals surface area contributed by atoms with Crippen molar-refractivity contribution in [2.75, 3.05) is 7.11 Å². The molecule has 2 saturated carbocycles. The summed E-state index contributed by atoms with van der Waals surface area (Å²) in [4.78, 5) is 34.3. The van der Waals surface area contributed by atoms with Crippen molar-refractivity contribution in [3.63, 3.8) is 0 Å². The van der Waals surface area contributed by atoms with Crippen LogP contribution in [0, 0.1) is 0 Å². The zero-order valence-corrected chi connectivity index (χ0v) is 21.4. The molecule has 2 aromatic heterocycles. The highest BCUT2D eigenvalue weighted by molar-refractivity contribution is 5.86. The molecule has 9 heteroatoms. The minimum Gasteiger partial charge on any atom is -0.497 e. The number of nitrogens with one attached hydrogen (secondary N) is 2. The number of fused-ring (bicyclic) bond motifs is 1. The molecule has 2 fully saturated rings. The summed E-state index contributed by atoms with van der Waals surface area (Å²) >= 11 is 0. The first-order valence-corrected chi connectivity index (χ1v) is 13.2. The first-order chi connectivity index (χ1) is 18.5. The van der Waals surface area contributed by atoms with Gasteiger partial charge in [0, 0.05) is 17.3 Å². The molecule has 2 aromatic carbocycles. The molecular weight excluding hydrogens is 482 g/mol. The van der Waals surface area contributed by atoms with Crippen molar-refractivity contribution in [2.45, 2.75) is 62.7 Å². The Labute approximate surface area is 220 Å². The van der Waals surface area contributed by atoms with Crippen molar-refractivity contribution < 1.29 is 14.3 Å². The Bertz CT molecular complexity index is 1520. The largest absolute Gasteiger partial charge is 0.497 e. The normalized spacial score (nSPS) is 17.7. The first kappa shape index (κ1) is 24.4. The van der Waals surface area contributed by atoms with E-state index < -0.39 is 5.60 Å². The number of hydrogen-bond donors (Lipinski definition) is 2. The Balaban J connectivity index is 1.23. The lowest BCUT2D eigenvalue weighted by Gasteiger charge is -2.37. The number of nitrogens with zero attached hydrogens (tertiary/aromatic N) is 3. The summed E-state index contributed by atoms with van der Waals surface area (Å²) in [6.07, 6.45) is 5.94. The molecular formula is C29H31N5O4. The Morgan fingerprint density at radius 1 is 1.03 bits per heavy atom. The van der Waals surface area contributed by atoms with E-state index in [0.717, 1.165) is 49.0 Å². The highest BCUT2D eigenvalue weighted by atomic mass is 16.5. The van der Waals surface area contributed by atoms with E-state index in [1.54, 1.807) is 7.11 Å².